The first-order valence-electron chi connectivity index (χ1n) is 9.48. The third-order valence-corrected chi connectivity index (χ3v) is 5.35. The molecule has 0 aromatic heterocycles. The lowest BCUT2D eigenvalue weighted by molar-refractivity contribution is -0.132. The van der Waals surface area contributed by atoms with Crippen LogP contribution in [-0.2, 0) is 22.6 Å². The first-order valence-corrected chi connectivity index (χ1v) is 9.48. The van der Waals surface area contributed by atoms with Gasteiger partial charge in [-0.2, -0.15) is 5.26 Å². The number of hydrogen-bond acceptors (Lipinski definition) is 6. The Bertz CT molecular complexity index is 789. The van der Waals surface area contributed by atoms with Gasteiger partial charge in [0.2, 0.25) is 11.8 Å². The number of hydrogen-bond donors (Lipinski definition) is 1. The molecule has 0 bridgehead atoms. The van der Waals surface area contributed by atoms with Crippen molar-refractivity contribution in [3.8, 4) is 17.6 Å². The molecule has 28 heavy (non-hydrogen) atoms. The van der Waals surface area contributed by atoms with Crippen LogP contribution in [0.4, 0.5) is 0 Å². The van der Waals surface area contributed by atoms with E-state index in [1.165, 1.54) is 0 Å². The fourth-order valence-corrected chi connectivity index (χ4v) is 3.79. The molecule has 2 amide bonds. The Labute approximate surface area is 165 Å². The van der Waals surface area contributed by atoms with E-state index < -0.39 is 0 Å². The van der Waals surface area contributed by atoms with Gasteiger partial charge in [0.05, 0.1) is 33.4 Å². The van der Waals surface area contributed by atoms with E-state index in [-0.39, 0.29) is 30.9 Å². The van der Waals surface area contributed by atoms with Crippen molar-refractivity contribution in [1.29, 1.82) is 5.26 Å². The minimum absolute atomic E-state index is 0.0495. The number of amides is 2. The van der Waals surface area contributed by atoms with Crippen molar-refractivity contribution in [3.63, 3.8) is 0 Å². The van der Waals surface area contributed by atoms with Gasteiger partial charge in [-0.15, -0.1) is 0 Å². The highest BCUT2D eigenvalue weighted by molar-refractivity contribution is 5.82. The van der Waals surface area contributed by atoms with E-state index in [1.54, 1.807) is 24.0 Å². The summed E-state index contributed by atoms with van der Waals surface area (Å²) in [5, 5.41) is 12.0. The molecular weight excluding hydrogens is 360 g/mol. The Morgan fingerprint density at radius 2 is 1.82 bits per heavy atom. The molecule has 1 aromatic rings. The quantitative estimate of drug-likeness (QED) is 0.773. The predicted octanol–water partition coefficient (Wildman–Crippen LogP) is 0.693. The van der Waals surface area contributed by atoms with E-state index in [4.69, 9.17) is 14.7 Å². The lowest BCUT2D eigenvalue weighted by Gasteiger charge is -2.30. The highest BCUT2D eigenvalue weighted by Gasteiger charge is 2.28. The smallest absolute Gasteiger partial charge is 0.237 e. The lowest BCUT2D eigenvalue weighted by Crippen LogP contribution is -2.45. The largest absolute Gasteiger partial charge is 0.493 e. The zero-order valence-corrected chi connectivity index (χ0v) is 16.4. The Kier molecular flexibility index (Phi) is 6.37. The number of nitriles is 1. The molecule has 1 N–H and O–H groups in total. The first kappa shape index (κ1) is 20.0. The molecule has 0 radical (unpaired) electrons. The minimum atomic E-state index is -0.337. The van der Waals surface area contributed by atoms with Gasteiger partial charge in [-0.3, -0.25) is 14.9 Å². The van der Waals surface area contributed by atoms with E-state index in [1.807, 2.05) is 12.1 Å². The molecule has 1 saturated heterocycles. The number of likely N-dealkylation sites (tertiary alicyclic amines) is 1. The summed E-state index contributed by atoms with van der Waals surface area (Å²) in [4.78, 5) is 28.1. The summed E-state index contributed by atoms with van der Waals surface area (Å²) in [7, 11) is 3.20. The molecule has 8 heteroatoms. The molecule has 2 heterocycles. The molecule has 0 spiro atoms. The van der Waals surface area contributed by atoms with Gasteiger partial charge in [-0.1, -0.05) is 0 Å². The van der Waals surface area contributed by atoms with Crippen LogP contribution >= 0.6 is 0 Å². The summed E-state index contributed by atoms with van der Waals surface area (Å²) < 4.78 is 10.7. The van der Waals surface area contributed by atoms with Crippen LogP contribution in [0, 0.1) is 11.3 Å². The van der Waals surface area contributed by atoms with Crippen molar-refractivity contribution < 1.29 is 19.1 Å². The number of carbonyl (C=O) groups excluding carboxylic acids is 2. The van der Waals surface area contributed by atoms with Gasteiger partial charge in [0.1, 0.15) is 6.04 Å². The normalized spacial score (nSPS) is 18.4. The van der Waals surface area contributed by atoms with Crippen molar-refractivity contribution >= 4 is 11.8 Å². The second-order valence-electron chi connectivity index (χ2n) is 7.02. The molecule has 0 saturated carbocycles. The lowest BCUT2D eigenvalue weighted by atomic mass is 9.98. The fourth-order valence-electron chi connectivity index (χ4n) is 3.79. The number of methoxy groups -OCH3 is 2. The van der Waals surface area contributed by atoms with Crippen LogP contribution in [0.25, 0.3) is 0 Å². The van der Waals surface area contributed by atoms with Crippen molar-refractivity contribution in [3.05, 3.63) is 23.3 Å². The zero-order valence-electron chi connectivity index (χ0n) is 16.4. The fraction of sp³-hybridized carbons (Fsp3) is 0.550. The van der Waals surface area contributed by atoms with E-state index in [2.05, 4.69) is 11.4 Å². The molecule has 3 rings (SSSR count). The summed E-state index contributed by atoms with van der Waals surface area (Å²) in [5.74, 6) is 1.17. The van der Waals surface area contributed by atoms with Crippen LogP contribution in [0.1, 0.15) is 24.0 Å². The number of fused-ring (bicyclic) bond motifs is 1. The van der Waals surface area contributed by atoms with Gasteiger partial charge in [0.15, 0.2) is 11.5 Å². The molecule has 1 fully saturated rings. The number of nitrogens with zero attached hydrogens (tertiary/aromatic N) is 3. The van der Waals surface area contributed by atoms with Gasteiger partial charge in [0.25, 0.3) is 0 Å². The maximum Gasteiger partial charge on any atom is 0.237 e. The van der Waals surface area contributed by atoms with Crippen molar-refractivity contribution in [2.24, 2.45) is 0 Å². The van der Waals surface area contributed by atoms with Crippen molar-refractivity contribution in [2.45, 2.75) is 31.8 Å². The summed E-state index contributed by atoms with van der Waals surface area (Å²) in [5.41, 5.74) is 2.20. The monoisotopic (exact) mass is 386 g/mol. The zero-order chi connectivity index (χ0) is 20.1. The van der Waals surface area contributed by atoms with Crippen LogP contribution in [0.15, 0.2) is 12.1 Å². The number of benzene rings is 1. The van der Waals surface area contributed by atoms with Crippen LogP contribution in [0.2, 0.25) is 0 Å². The van der Waals surface area contributed by atoms with Crippen LogP contribution in [0.5, 0.6) is 11.5 Å². The molecule has 150 valence electrons. The molecule has 1 unspecified atom stereocenters. The van der Waals surface area contributed by atoms with Crippen LogP contribution in [-0.4, -0.2) is 68.1 Å². The number of rotatable bonds is 6. The number of ether oxygens (including phenoxy) is 2. The molecule has 1 atom stereocenters. The number of carbonyl (C=O) groups is 2. The highest BCUT2D eigenvalue weighted by Crippen LogP contribution is 2.33. The topological polar surface area (TPSA) is 94.9 Å². The average molecular weight is 386 g/mol. The van der Waals surface area contributed by atoms with Gasteiger partial charge < -0.3 is 19.3 Å². The molecule has 2 aliphatic heterocycles. The van der Waals surface area contributed by atoms with Gasteiger partial charge in [0, 0.05) is 19.6 Å². The van der Waals surface area contributed by atoms with Crippen LogP contribution in [0.3, 0.4) is 0 Å². The average Bonchev–Trinajstić information content (AvgIpc) is 3.21. The second-order valence-corrected chi connectivity index (χ2v) is 7.02. The molecular formula is C20H26N4O4. The Hall–Kier alpha value is -2.79. The minimum Gasteiger partial charge on any atom is -0.493 e. The first-order chi connectivity index (χ1) is 13.6. The van der Waals surface area contributed by atoms with E-state index in [9.17, 15) is 9.59 Å². The summed E-state index contributed by atoms with van der Waals surface area (Å²) >= 11 is 0. The van der Waals surface area contributed by atoms with E-state index in [0.29, 0.717) is 31.1 Å². The molecule has 8 nitrogen and oxygen atoms in total. The summed E-state index contributed by atoms with van der Waals surface area (Å²) in [6, 6.07) is 5.70. The Morgan fingerprint density at radius 1 is 1.14 bits per heavy atom. The SMILES string of the molecule is COc1cc2c(cc1OC)CN(C(=O)CNCC(=O)N1CCCC1C#N)CC2. The maximum atomic E-state index is 12.5. The van der Waals surface area contributed by atoms with Crippen LogP contribution < -0.4 is 14.8 Å². The van der Waals surface area contributed by atoms with Crippen molar-refractivity contribution in [1.82, 2.24) is 15.1 Å². The predicted molar refractivity (Wildman–Crippen MR) is 102 cm³/mol. The van der Waals surface area contributed by atoms with Crippen molar-refractivity contribution in [2.75, 3.05) is 40.4 Å². The third kappa shape index (κ3) is 4.20. The highest BCUT2D eigenvalue weighted by atomic mass is 16.5. The Morgan fingerprint density at radius 3 is 2.50 bits per heavy atom. The Balaban J connectivity index is 1.52. The summed E-state index contributed by atoms with van der Waals surface area (Å²) in [6.07, 6.45) is 2.32. The standard InChI is InChI=1S/C20H26N4O4/c1-27-17-8-14-5-7-23(13-15(14)9-18(17)28-2)19(25)11-22-12-20(26)24-6-3-4-16(24)10-21/h8-9,16,22H,3-7,11-13H2,1-2H3. The third-order valence-electron chi connectivity index (χ3n) is 5.35. The summed E-state index contributed by atoms with van der Waals surface area (Å²) in [6.45, 7) is 1.91. The molecule has 2 aliphatic rings. The number of nitrogens with one attached hydrogen (secondary N) is 1. The maximum absolute atomic E-state index is 12.5. The molecule has 0 aliphatic carbocycles. The van der Waals surface area contributed by atoms with E-state index >= 15 is 0 Å². The second kappa shape index (κ2) is 8.93. The molecule has 1 aromatic carbocycles. The van der Waals surface area contributed by atoms with Gasteiger partial charge >= 0.3 is 0 Å². The van der Waals surface area contributed by atoms with Gasteiger partial charge in [-0.05, 0) is 42.5 Å². The van der Waals surface area contributed by atoms with E-state index in [0.717, 1.165) is 30.4 Å². The van der Waals surface area contributed by atoms with Gasteiger partial charge in [-0.25, -0.2) is 0 Å².